The normalized spacial score (nSPS) is 18.4. The average Bonchev–Trinajstić information content (AvgIpc) is 3.08. The minimum Gasteiger partial charge on any atom is -0.324 e. The van der Waals surface area contributed by atoms with E-state index in [9.17, 15) is 18.0 Å². The van der Waals surface area contributed by atoms with E-state index in [4.69, 9.17) is 11.6 Å². The maximum Gasteiger partial charge on any atom is 0.416 e. The van der Waals surface area contributed by atoms with E-state index < -0.39 is 28.9 Å². The first-order valence-corrected chi connectivity index (χ1v) is 10.1. The summed E-state index contributed by atoms with van der Waals surface area (Å²) in [4.78, 5) is 13.1. The van der Waals surface area contributed by atoms with Crippen LogP contribution < -0.4 is 10.7 Å². The molecule has 0 unspecified atom stereocenters. The number of aryl methyl sites for hydroxylation is 1. The van der Waals surface area contributed by atoms with E-state index in [2.05, 4.69) is 20.9 Å². The van der Waals surface area contributed by atoms with Crippen molar-refractivity contribution in [2.45, 2.75) is 29.5 Å². The van der Waals surface area contributed by atoms with Crippen molar-refractivity contribution in [2.24, 2.45) is 0 Å². The van der Waals surface area contributed by atoms with Gasteiger partial charge in [-0.2, -0.15) is 13.2 Å². The summed E-state index contributed by atoms with van der Waals surface area (Å²) >= 11 is 7.21. The molecule has 30 heavy (non-hydrogen) atoms. The third kappa shape index (κ3) is 3.97. The van der Waals surface area contributed by atoms with Crippen molar-refractivity contribution >= 4 is 35.0 Å². The molecule has 2 N–H and O–H groups in total. The summed E-state index contributed by atoms with van der Waals surface area (Å²) in [5.41, 5.74) is 3.06. The zero-order valence-corrected chi connectivity index (χ0v) is 17.0. The Labute approximate surface area is 178 Å². The molecule has 0 bridgehead atoms. The van der Waals surface area contributed by atoms with E-state index in [-0.39, 0.29) is 10.7 Å². The number of halogens is 4. The first kappa shape index (κ1) is 20.5. The number of amides is 1. The van der Waals surface area contributed by atoms with Gasteiger partial charge in [-0.15, -0.1) is 10.2 Å². The Morgan fingerprint density at radius 3 is 2.63 bits per heavy atom. The average molecular weight is 454 g/mol. The second kappa shape index (κ2) is 7.84. The van der Waals surface area contributed by atoms with Gasteiger partial charge < -0.3 is 10.7 Å². The molecule has 0 saturated heterocycles. The number of hydrogen-bond acceptors (Lipinski definition) is 5. The molecule has 0 radical (unpaired) electrons. The van der Waals surface area contributed by atoms with E-state index >= 15 is 0 Å². The van der Waals surface area contributed by atoms with Crippen LogP contribution in [-0.4, -0.2) is 26.0 Å². The first-order valence-electron chi connectivity index (χ1n) is 8.82. The molecule has 4 rings (SSSR count). The second-order valence-electron chi connectivity index (χ2n) is 6.60. The Morgan fingerprint density at radius 2 is 1.93 bits per heavy atom. The van der Waals surface area contributed by atoms with E-state index in [1.807, 2.05) is 30.3 Å². The Morgan fingerprint density at radius 1 is 1.20 bits per heavy atom. The molecule has 1 aliphatic rings. The number of fused-ring (bicyclic) bond motifs is 1. The number of nitrogens with one attached hydrogen (secondary N) is 2. The van der Waals surface area contributed by atoms with Crippen molar-refractivity contribution in [3.8, 4) is 0 Å². The van der Waals surface area contributed by atoms with Crippen molar-refractivity contribution in [2.75, 3.05) is 10.7 Å². The van der Waals surface area contributed by atoms with Crippen LogP contribution in [0.25, 0.3) is 0 Å². The van der Waals surface area contributed by atoms with Gasteiger partial charge in [-0.25, -0.2) is 4.68 Å². The molecule has 0 saturated carbocycles. The smallest absolute Gasteiger partial charge is 0.324 e. The highest BCUT2D eigenvalue weighted by molar-refractivity contribution is 8.00. The number of rotatable bonds is 3. The van der Waals surface area contributed by atoms with Crippen LogP contribution in [0.2, 0.25) is 5.02 Å². The van der Waals surface area contributed by atoms with Crippen LogP contribution in [0.4, 0.5) is 18.9 Å². The molecule has 2 atom stereocenters. The standard InChI is InChI=1S/C19H15ClF3N5OS/c1-10-25-26-18-28(10)27-15(11-5-3-2-4-6-11)16(30-18)17(29)24-14-9-12(19(21,22)23)7-8-13(14)20/h2-9,15-16,27H,1H3,(H,24,29)/t15-,16+/m0/s1. The van der Waals surface area contributed by atoms with Crippen molar-refractivity contribution in [3.63, 3.8) is 0 Å². The number of thioether (sulfide) groups is 1. The SMILES string of the molecule is Cc1nnc2n1N[C@@H](c1ccccc1)[C@H](C(=O)Nc1cc(C(F)(F)F)ccc1Cl)S2. The number of alkyl halides is 3. The number of benzene rings is 2. The highest BCUT2D eigenvalue weighted by Gasteiger charge is 2.38. The fraction of sp³-hybridized carbons (Fsp3) is 0.211. The molecule has 3 aromatic rings. The molecule has 11 heteroatoms. The number of anilines is 1. The number of nitrogens with zero attached hydrogens (tertiary/aromatic N) is 3. The summed E-state index contributed by atoms with van der Waals surface area (Å²) in [5.74, 6) is 0.118. The summed E-state index contributed by atoms with van der Waals surface area (Å²) in [6.07, 6.45) is -4.55. The summed E-state index contributed by atoms with van der Waals surface area (Å²) in [5, 5.41) is 10.4. The maximum atomic E-state index is 13.1. The molecule has 1 aromatic heterocycles. The minimum absolute atomic E-state index is 0.0143. The van der Waals surface area contributed by atoms with Gasteiger partial charge >= 0.3 is 6.18 Å². The first-order chi connectivity index (χ1) is 14.2. The monoisotopic (exact) mass is 453 g/mol. The number of carbonyl (C=O) groups excluding carboxylic acids is 1. The molecule has 0 spiro atoms. The molecule has 6 nitrogen and oxygen atoms in total. The lowest BCUT2D eigenvalue weighted by Crippen LogP contribution is -2.41. The molecule has 2 aromatic carbocycles. The van der Waals surface area contributed by atoms with E-state index in [1.54, 1.807) is 11.6 Å². The van der Waals surface area contributed by atoms with Gasteiger partial charge in [0.2, 0.25) is 11.1 Å². The number of carbonyl (C=O) groups is 1. The highest BCUT2D eigenvalue weighted by Crippen LogP contribution is 2.39. The largest absolute Gasteiger partial charge is 0.416 e. The van der Waals surface area contributed by atoms with Gasteiger partial charge in [-0.1, -0.05) is 53.7 Å². The van der Waals surface area contributed by atoms with E-state index in [0.29, 0.717) is 11.0 Å². The van der Waals surface area contributed by atoms with Crippen LogP contribution in [0, 0.1) is 6.92 Å². The molecule has 1 aliphatic heterocycles. The van der Waals surface area contributed by atoms with Crippen molar-refractivity contribution < 1.29 is 18.0 Å². The lowest BCUT2D eigenvalue weighted by atomic mass is 10.0. The van der Waals surface area contributed by atoms with Gasteiger partial charge in [-0.05, 0) is 30.7 Å². The molecule has 156 valence electrons. The van der Waals surface area contributed by atoms with Crippen molar-refractivity contribution in [1.29, 1.82) is 0 Å². The quantitative estimate of drug-likeness (QED) is 0.603. The molecule has 1 amide bonds. The van der Waals surface area contributed by atoms with Gasteiger partial charge in [0.25, 0.3) is 0 Å². The van der Waals surface area contributed by atoms with Crippen molar-refractivity contribution in [3.05, 3.63) is 70.5 Å². The Hall–Kier alpha value is -2.72. The van der Waals surface area contributed by atoms with E-state index in [0.717, 1.165) is 23.8 Å². The van der Waals surface area contributed by atoms with Crippen LogP contribution in [0.3, 0.4) is 0 Å². The zero-order chi connectivity index (χ0) is 21.5. The number of aromatic nitrogens is 3. The van der Waals surface area contributed by atoms with Gasteiger partial charge in [0, 0.05) is 0 Å². The Kier molecular flexibility index (Phi) is 5.37. The summed E-state index contributed by atoms with van der Waals surface area (Å²) < 4.78 is 40.8. The van der Waals surface area contributed by atoms with Crippen LogP contribution in [-0.2, 0) is 11.0 Å². The predicted octanol–water partition coefficient (Wildman–Crippen LogP) is 4.66. The third-order valence-corrected chi connectivity index (χ3v) is 6.11. The summed E-state index contributed by atoms with van der Waals surface area (Å²) in [7, 11) is 0. The topological polar surface area (TPSA) is 71.8 Å². The maximum absolute atomic E-state index is 13.1. The Balaban J connectivity index is 1.66. The molecule has 2 heterocycles. The van der Waals surface area contributed by atoms with E-state index in [1.165, 1.54) is 11.8 Å². The van der Waals surface area contributed by atoms with Crippen LogP contribution in [0.15, 0.2) is 53.7 Å². The van der Waals surface area contributed by atoms with Crippen molar-refractivity contribution in [1.82, 2.24) is 14.9 Å². The fourth-order valence-electron chi connectivity index (χ4n) is 3.07. The summed E-state index contributed by atoms with van der Waals surface area (Å²) in [6, 6.07) is 11.6. The third-order valence-electron chi connectivity index (χ3n) is 4.57. The van der Waals surface area contributed by atoms with Gasteiger partial charge in [-0.3, -0.25) is 4.79 Å². The fourth-order valence-corrected chi connectivity index (χ4v) is 4.36. The second-order valence-corrected chi connectivity index (χ2v) is 8.12. The highest BCUT2D eigenvalue weighted by atomic mass is 35.5. The number of hydrogen-bond donors (Lipinski definition) is 2. The van der Waals surface area contributed by atoms with Gasteiger partial charge in [0.15, 0.2) is 0 Å². The molecule has 0 fully saturated rings. The Bertz CT molecular complexity index is 1090. The van der Waals surface area contributed by atoms with Gasteiger partial charge in [0.1, 0.15) is 11.1 Å². The van der Waals surface area contributed by atoms with Crippen LogP contribution in [0.5, 0.6) is 0 Å². The summed E-state index contributed by atoms with van der Waals surface area (Å²) in [6.45, 7) is 1.77. The molecular formula is C19H15ClF3N5OS. The van der Waals surface area contributed by atoms with Crippen LogP contribution in [0.1, 0.15) is 23.0 Å². The van der Waals surface area contributed by atoms with Gasteiger partial charge in [0.05, 0.1) is 22.3 Å². The predicted molar refractivity (Wildman–Crippen MR) is 108 cm³/mol. The zero-order valence-electron chi connectivity index (χ0n) is 15.4. The lowest BCUT2D eigenvalue weighted by Gasteiger charge is -2.32. The molecular weight excluding hydrogens is 439 g/mol. The minimum atomic E-state index is -4.55. The molecule has 0 aliphatic carbocycles. The lowest BCUT2D eigenvalue weighted by molar-refractivity contribution is -0.137. The van der Waals surface area contributed by atoms with Crippen LogP contribution >= 0.6 is 23.4 Å².